The second-order valence-electron chi connectivity index (χ2n) is 3.56. The third-order valence-corrected chi connectivity index (χ3v) is 2.76. The first kappa shape index (κ1) is 11.8. The first-order valence-electron chi connectivity index (χ1n) is 5.30. The Balaban J connectivity index is 2.05. The summed E-state index contributed by atoms with van der Waals surface area (Å²) in [4.78, 5) is 0. The molecule has 0 aliphatic rings. The van der Waals surface area contributed by atoms with Crippen LogP contribution in [-0.4, -0.2) is 7.11 Å². The van der Waals surface area contributed by atoms with Crippen molar-refractivity contribution in [3.63, 3.8) is 0 Å². The lowest BCUT2D eigenvalue weighted by Gasteiger charge is -2.08. The van der Waals surface area contributed by atoms with Crippen LogP contribution >= 0.6 is 11.6 Å². The minimum absolute atomic E-state index is 0.451. The summed E-state index contributed by atoms with van der Waals surface area (Å²) in [5, 5.41) is 0.718. The summed E-state index contributed by atoms with van der Waals surface area (Å²) in [6, 6.07) is 15.1. The Morgan fingerprint density at radius 3 is 2.53 bits per heavy atom. The van der Waals surface area contributed by atoms with E-state index in [0.29, 0.717) is 6.61 Å². The van der Waals surface area contributed by atoms with Crippen molar-refractivity contribution in [2.75, 3.05) is 7.11 Å². The fourth-order valence-corrected chi connectivity index (χ4v) is 1.66. The second kappa shape index (κ2) is 5.60. The Hall–Kier alpha value is -1.67. The van der Waals surface area contributed by atoms with Crippen molar-refractivity contribution in [2.24, 2.45) is 0 Å². The number of ether oxygens (including phenoxy) is 2. The lowest BCUT2D eigenvalue weighted by atomic mass is 10.2. The van der Waals surface area contributed by atoms with Crippen molar-refractivity contribution < 1.29 is 9.47 Å². The Morgan fingerprint density at radius 1 is 1.00 bits per heavy atom. The standard InChI is InChI=1S/C14H13ClO2/c1-16-12-6-4-7-13(9-12)17-10-11-5-2-3-8-14(11)15/h2-9H,10H2,1H3. The van der Waals surface area contributed by atoms with Crippen LogP contribution in [0.3, 0.4) is 0 Å². The van der Waals surface area contributed by atoms with E-state index in [1.165, 1.54) is 0 Å². The van der Waals surface area contributed by atoms with E-state index >= 15 is 0 Å². The molecule has 0 saturated carbocycles. The van der Waals surface area contributed by atoms with E-state index in [0.717, 1.165) is 22.1 Å². The molecule has 0 spiro atoms. The molecule has 3 heteroatoms. The molecule has 0 aromatic heterocycles. The summed E-state index contributed by atoms with van der Waals surface area (Å²) in [6.45, 7) is 0.451. The van der Waals surface area contributed by atoms with Crippen LogP contribution in [0.25, 0.3) is 0 Å². The highest BCUT2D eigenvalue weighted by molar-refractivity contribution is 6.31. The van der Waals surface area contributed by atoms with Crippen LogP contribution in [0.5, 0.6) is 11.5 Å². The van der Waals surface area contributed by atoms with E-state index in [4.69, 9.17) is 21.1 Å². The molecular weight excluding hydrogens is 236 g/mol. The zero-order valence-electron chi connectivity index (χ0n) is 9.52. The zero-order valence-corrected chi connectivity index (χ0v) is 10.3. The molecule has 0 aliphatic carbocycles. The molecule has 0 atom stereocenters. The maximum Gasteiger partial charge on any atom is 0.123 e. The average Bonchev–Trinajstić information content (AvgIpc) is 2.38. The molecule has 0 amide bonds. The van der Waals surface area contributed by atoms with Gasteiger partial charge in [-0.1, -0.05) is 35.9 Å². The number of hydrogen-bond acceptors (Lipinski definition) is 2. The molecule has 2 aromatic carbocycles. The molecule has 0 bridgehead atoms. The van der Waals surface area contributed by atoms with Gasteiger partial charge < -0.3 is 9.47 Å². The maximum atomic E-state index is 6.04. The summed E-state index contributed by atoms with van der Waals surface area (Å²) in [5.74, 6) is 1.55. The molecule has 88 valence electrons. The minimum atomic E-state index is 0.451. The van der Waals surface area contributed by atoms with Gasteiger partial charge in [0, 0.05) is 16.7 Å². The molecule has 2 aromatic rings. The van der Waals surface area contributed by atoms with Crippen molar-refractivity contribution >= 4 is 11.6 Å². The van der Waals surface area contributed by atoms with Gasteiger partial charge in [-0.15, -0.1) is 0 Å². The SMILES string of the molecule is COc1cccc(OCc2ccccc2Cl)c1. The fraction of sp³-hybridized carbons (Fsp3) is 0.143. The van der Waals surface area contributed by atoms with Crippen LogP contribution in [0.4, 0.5) is 0 Å². The molecule has 0 fully saturated rings. The summed E-state index contributed by atoms with van der Waals surface area (Å²) in [7, 11) is 1.63. The lowest BCUT2D eigenvalue weighted by molar-refractivity contribution is 0.304. The van der Waals surface area contributed by atoms with Crippen molar-refractivity contribution in [2.45, 2.75) is 6.61 Å². The van der Waals surface area contributed by atoms with Crippen LogP contribution in [-0.2, 0) is 6.61 Å². The number of benzene rings is 2. The van der Waals surface area contributed by atoms with Gasteiger partial charge in [-0.25, -0.2) is 0 Å². The fourth-order valence-electron chi connectivity index (χ4n) is 1.47. The highest BCUT2D eigenvalue weighted by Gasteiger charge is 2.01. The molecule has 0 saturated heterocycles. The van der Waals surface area contributed by atoms with Crippen LogP contribution in [0.1, 0.15) is 5.56 Å². The number of halogens is 1. The first-order valence-corrected chi connectivity index (χ1v) is 5.67. The summed E-state index contributed by atoms with van der Waals surface area (Å²) in [6.07, 6.45) is 0. The van der Waals surface area contributed by atoms with E-state index in [2.05, 4.69) is 0 Å². The van der Waals surface area contributed by atoms with Crippen molar-refractivity contribution in [1.29, 1.82) is 0 Å². The lowest BCUT2D eigenvalue weighted by Crippen LogP contribution is -1.96. The molecule has 2 nitrogen and oxygen atoms in total. The van der Waals surface area contributed by atoms with Gasteiger partial charge in [0.15, 0.2) is 0 Å². The number of rotatable bonds is 4. The van der Waals surface area contributed by atoms with Gasteiger partial charge in [-0.2, -0.15) is 0 Å². The van der Waals surface area contributed by atoms with Gasteiger partial charge in [-0.05, 0) is 18.2 Å². The van der Waals surface area contributed by atoms with E-state index in [9.17, 15) is 0 Å². The predicted octanol–water partition coefficient (Wildman–Crippen LogP) is 3.93. The van der Waals surface area contributed by atoms with Gasteiger partial charge in [-0.3, -0.25) is 0 Å². The van der Waals surface area contributed by atoms with E-state index < -0.39 is 0 Å². The van der Waals surface area contributed by atoms with Crippen LogP contribution in [0, 0.1) is 0 Å². The predicted molar refractivity (Wildman–Crippen MR) is 68.8 cm³/mol. The highest BCUT2D eigenvalue weighted by Crippen LogP contribution is 2.21. The third kappa shape index (κ3) is 3.14. The van der Waals surface area contributed by atoms with E-state index in [1.807, 2.05) is 48.5 Å². The van der Waals surface area contributed by atoms with Gasteiger partial charge >= 0.3 is 0 Å². The van der Waals surface area contributed by atoms with Crippen molar-refractivity contribution in [3.05, 3.63) is 59.1 Å². The quantitative estimate of drug-likeness (QED) is 0.816. The van der Waals surface area contributed by atoms with E-state index in [1.54, 1.807) is 7.11 Å². The molecule has 0 aliphatic heterocycles. The van der Waals surface area contributed by atoms with E-state index in [-0.39, 0.29) is 0 Å². The Kier molecular flexibility index (Phi) is 3.89. The molecule has 0 radical (unpaired) electrons. The van der Waals surface area contributed by atoms with Crippen LogP contribution < -0.4 is 9.47 Å². The highest BCUT2D eigenvalue weighted by atomic mass is 35.5. The maximum absolute atomic E-state index is 6.04. The monoisotopic (exact) mass is 248 g/mol. The molecule has 17 heavy (non-hydrogen) atoms. The largest absolute Gasteiger partial charge is 0.497 e. The smallest absolute Gasteiger partial charge is 0.123 e. The molecule has 0 heterocycles. The van der Waals surface area contributed by atoms with Gasteiger partial charge in [0.1, 0.15) is 18.1 Å². The van der Waals surface area contributed by atoms with Crippen molar-refractivity contribution in [1.82, 2.24) is 0 Å². The Bertz CT molecular complexity index is 497. The molecule has 0 N–H and O–H groups in total. The first-order chi connectivity index (χ1) is 8.29. The molecular formula is C14H13ClO2. The van der Waals surface area contributed by atoms with Gasteiger partial charge in [0.25, 0.3) is 0 Å². The third-order valence-electron chi connectivity index (χ3n) is 2.39. The minimum Gasteiger partial charge on any atom is -0.497 e. The summed E-state index contributed by atoms with van der Waals surface area (Å²) >= 11 is 6.04. The Labute approximate surface area is 106 Å². The normalized spacial score (nSPS) is 10.0. The number of methoxy groups -OCH3 is 1. The molecule has 0 unspecified atom stereocenters. The van der Waals surface area contributed by atoms with Gasteiger partial charge in [0.2, 0.25) is 0 Å². The topological polar surface area (TPSA) is 18.5 Å². The van der Waals surface area contributed by atoms with Crippen LogP contribution in [0.15, 0.2) is 48.5 Å². The summed E-state index contributed by atoms with van der Waals surface area (Å²) < 4.78 is 10.8. The van der Waals surface area contributed by atoms with Gasteiger partial charge in [0.05, 0.1) is 7.11 Å². The summed E-state index contributed by atoms with van der Waals surface area (Å²) in [5.41, 5.74) is 0.969. The average molecular weight is 249 g/mol. The zero-order chi connectivity index (χ0) is 12.1. The second-order valence-corrected chi connectivity index (χ2v) is 3.97. The van der Waals surface area contributed by atoms with Crippen LogP contribution in [0.2, 0.25) is 5.02 Å². The Morgan fingerprint density at radius 2 is 1.76 bits per heavy atom. The molecule has 2 rings (SSSR count). The number of hydrogen-bond donors (Lipinski definition) is 0. The van der Waals surface area contributed by atoms with Crippen molar-refractivity contribution in [3.8, 4) is 11.5 Å².